The van der Waals surface area contributed by atoms with Gasteiger partial charge in [0.2, 0.25) is 0 Å². The van der Waals surface area contributed by atoms with Crippen molar-refractivity contribution in [2.24, 2.45) is 0 Å². The Morgan fingerprint density at radius 3 is 1.68 bits per heavy atom. The summed E-state index contributed by atoms with van der Waals surface area (Å²) in [4.78, 5) is 1.71. The lowest BCUT2D eigenvalue weighted by Gasteiger charge is -2.28. The predicted molar refractivity (Wildman–Crippen MR) is 226 cm³/mol. The van der Waals surface area contributed by atoms with Gasteiger partial charge < -0.3 is 4.90 Å². The second-order valence-electron chi connectivity index (χ2n) is 12.7. The van der Waals surface area contributed by atoms with Crippen LogP contribution in [0.1, 0.15) is 12.3 Å². The summed E-state index contributed by atoms with van der Waals surface area (Å²) >= 11 is 0. The SMILES string of the molecule is [2H]c1c([2H])c([2H])c(-c2c([2H])c([2H])c(N(c3ccc(-c4cccc(-c5cccc6ccccc56)c4)cc3)c3ccccc3-c3ccc(-c4ccccc4)cc3)c([2H])c2[2H])c([2H])c1[2H]. The number of benzene rings is 9. The number of hydrogen-bond acceptors (Lipinski definition) is 1. The Morgan fingerprint density at radius 2 is 0.868 bits per heavy atom. The van der Waals surface area contributed by atoms with Crippen LogP contribution in [-0.4, -0.2) is 0 Å². The average Bonchev–Trinajstić information content (AvgIpc) is 3.32. The van der Waals surface area contributed by atoms with Gasteiger partial charge in [-0.25, -0.2) is 0 Å². The highest BCUT2D eigenvalue weighted by atomic mass is 15.1. The first-order valence-corrected chi connectivity index (χ1v) is 17.4. The monoisotopic (exact) mass is 684 g/mol. The average molecular weight is 685 g/mol. The summed E-state index contributed by atoms with van der Waals surface area (Å²) in [5.74, 6) is 0. The molecule has 9 aromatic rings. The maximum atomic E-state index is 9.49. The van der Waals surface area contributed by atoms with E-state index < -0.39 is 54.4 Å². The lowest BCUT2D eigenvalue weighted by atomic mass is 9.95. The van der Waals surface area contributed by atoms with Crippen LogP contribution in [0.2, 0.25) is 0 Å². The molecule has 0 aromatic heterocycles. The molecule has 0 radical (unpaired) electrons. The number of para-hydroxylation sites is 1. The van der Waals surface area contributed by atoms with Crippen molar-refractivity contribution in [1.82, 2.24) is 0 Å². The Kier molecular flexibility index (Phi) is 6.36. The molecule has 0 unspecified atom stereocenters. The van der Waals surface area contributed by atoms with Gasteiger partial charge in [-0.15, -0.1) is 0 Å². The van der Waals surface area contributed by atoms with Gasteiger partial charge in [0.1, 0.15) is 0 Å². The highest BCUT2D eigenvalue weighted by Gasteiger charge is 2.18. The Morgan fingerprint density at radius 1 is 0.321 bits per heavy atom. The van der Waals surface area contributed by atoms with E-state index in [9.17, 15) is 5.48 Å². The van der Waals surface area contributed by atoms with Crippen LogP contribution in [0.15, 0.2) is 224 Å². The van der Waals surface area contributed by atoms with Crippen LogP contribution in [0, 0.1) is 0 Å². The van der Waals surface area contributed by atoms with Crippen molar-refractivity contribution < 1.29 is 12.3 Å². The molecule has 53 heavy (non-hydrogen) atoms. The Labute approximate surface area is 324 Å². The van der Waals surface area contributed by atoms with Crippen molar-refractivity contribution in [3.8, 4) is 55.6 Å². The largest absolute Gasteiger partial charge is 0.310 e. The van der Waals surface area contributed by atoms with Gasteiger partial charge in [-0.3, -0.25) is 0 Å². The predicted octanol–water partition coefficient (Wildman–Crippen LogP) is 14.6. The van der Waals surface area contributed by atoms with E-state index >= 15 is 0 Å². The molecule has 0 fully saturated rings. The molecule has 0 heterocycles. The van der Waals surface area contributed by atoms with Gasteiger partial charge in [0.25, 0.3) is 0 Å². The topological polar surface area (TPSA) is 3.24 Å². The third kappa shape index (κ3) is 6.53. The number of nitrogens with zero attached hydrogens (tertiary/aromatic N) is 1. The molecule has 0 amide bonds. The van der Waals surface area contributed by atoms with Gasteiger partial charge in [-0.1, -0.05) is 188 Å². The van der Waals surface area contributed by atoms with Crippen molar-refractivity contribution in [2.45, 2.75) is 0 Å². The first kappa shape index (κ1) is 23.5. The molecule has 0 bridgehead atoms. The molecule has 0 saturated carbocycles. The fourth-order valence-electron chi connectivity index (χ4n) is 6.84. The van der Waals surface area contributed by atoms with E-state index in [1.54, 1.807) is 4.90 Å². The summed E-state index contributed by atoms with van der Waals surface area (Å²) < 4.78 is 79.4. The molecule has 9 aromatic carbocycles. The minimum Gasteiger partial charge on any atom is -0.310 e. The molecule has 0 atom stereocenters. The van der Waals surface area contributed by atoms with Gasteiger partial charge in [-0.2, -0.15) is 0 Å². The lowest BCUT2D eigenvalue weighted by Crippen LogP contribution is -2.11. The molecule has 0 aliphatic rings. The summed E-state index contributed by atoms with van der Waals surface area (Å²) in [7, 11) is 0. The van der Waals surface area contributed by atoms with Crippen LogP contribution >= 0.6 is 0 Å². The van der Waals surface area contributed by atoms with Crippen LogP contribution in [-0.2, 0) is 0 Å². The molecular formula is C52H37N. The van der Waals surface area contributed by atoms with E-state index in [-0.39, 0.29) is 16.8 Å². The minimum atomic E-state index is -0.626. The second-order valence-corrected chi connectivity index (χ2v) is 12.7. The molecule has 0 aliphatic carbocycles. The molecule has 0 saturated heterocycles. The van der Waals surface area contributed by atoms with E-state index in [2.05, 4.69) is 48.5 Å². The van der Waals surface area contributed by atoms with Crippen molar-refractivity contribution >= 4 is 27.8 Å². The smallest absolute Gasteiger partial charge is 0.0645 e. The highest BCUT2D eigenvalue weighted by Crippen LogP contribution is 2.42. The van der Waals surface area contributed by atoms with Crippen molar-refractivity contribution in [3.63, 3.8) is 0 Å². The van der Waals surface area contributed by atoms with Crippen LogP contribution in [0.25, 0.3) is 66.4 Å². The third-order valence-electron chi connectivity index (χ3n) is 9.46. The Balaban J connectivity index is 1.21. The number of hydrogen-bond donors (Lipinski definition) is 0. The normalized spacial score (nSPS) is 13.4. The Hall–Kier alpha value is -6.96. The van der Waals surface area contributed by atoms with Crippen LogP contribution < -0.4 is 4.90 Å². The van der Waals surface area contributed by atoms with Crippen LogP contribution in [0.5, 0.6) is 0 Å². The summed E-state index contributed by atoms with van der Waals surface area (Å²) in [6, 6.07) is 51.4. The summed E-state index contributed by atoms with van der Waals surface area (Å²) in [6.07, 6.45) is 0. The van der Waals surface area contributed by atoms with Crippen molar-refractivity contribution in [2.75, 3.05) is 4.90 Å². The van der Waals surface area contributed by atoms with E-state index in [1.165, 1.54) is 0 Å². The zero-order valence-corrected chi connectivity index (χ0v) is 28.6. The summed E-state index contributed by atoms with van der Waals surface area (Å²) in [6.45, 7) is 0. The lowest BCUT2D eigenvalue weighted by molar-refractivity contribution is 1.28. The molecule has 0 N–H and O–H groups in total. The first-order valence-electron chi connectivity index (χ1n) is 21.9. The standard InChI is InChI=1S/C52H37N/c1-3-13-38(14-4-1)40-25-27-44(28-26-40)51-22-9-10-24-52(51)53(47-33-29-41(30-34-47)39-15-5-2-6-16-39)48-35-31-42(32-36-48)45-19-11-20-46(37-45)50-23-12-18-43-17-7-8-21-49(43)50/h1-37H/i2D,5D,6D,15D,16D,29D,30D,33D,34D. The van der Waals surface area contributed by atoms with Gasteiger partial charge in [0.05, 0.1) is 18.0 Å². The number of rotatable bonds is 8. The maximum Gasteiger partial charge on any atom is 0.0645 e. The zero-order chi connectivity index (χ0) is 43.2. The van der Waals surface area contributed by atoms with E-state index in [1.807, 2.05) is 121 Å². The van der Waals surface area contributed by atoms with E-state index in [0.717, 1.165) is 55.3 Å². The number of fused-ring (bicyclic) bond motifs is 1. The minimum absolute atomic E-state index is 0.0600. The summed E-state index contributed by atoms with van der Waals surface area (Å²) in [5.41, 5.74) is 8.16. The van der Waals surface area contributed by atoms with Gasteiger partial charge in [0, 0.05) is 16.9 Å². The second kappa shape index (κ2) is 14.3. The molecule has 0 aliphatic heterocycles. The third-order valence-corrected chi connectivity index (χ3v) is 9.46. The molecule has 250 valence electrons. The fraction of sp³-hybridized carbons (Fsp3) is 0. The van der Waals surface area contributed by atoms with Gasteiger partial charge in [-0.05, 0) is 97.2 Å². The molecule has 1 nitrogen and oxygen atoms in total. The van der Waals surface area contributed by atoms with Crippen LogP contribution in [0.3, 0.4) is 0 Å². The number of anilines is 3. The van der Waals surface area contributed by atoms with Gasteiger partial charge >= 0.3 is 0 Å². The molecular weight excluding hydrogens is 639 g/mol. The fourth-order valence-corrected chi connectivity index (χ4v) is 6.84. The van der Waals surface area contributed by atoms with E-state index in [0.29, 0.717) is 11.4 Å². The van der Waals surface area contributed by atoms with E-state index in [4.69, 9.17) is 6.85 Å². The highest BCUT2D eigenvalue weighted by molar-refractivity contribution is 5.97. The molecule has 0 spiro atoms. The Bertz CT molecular complexity index is 3100. The quantitative estimate of drug-likeness (QED) is 0.154. The molecule has 9 rings (SSSR count). The molecule has 1 heteroatoms. The first-order chi connectivity index (χ1) is 30.0. The summed E-state index contributed by atoms with van der Waals surface area (Å²) in [5, 5.41) is 2.31. The van der Waals surface area contributed by atoms with Crippen molar-refractivity contribution in [1.29, 1.82) is 0 Å². The zero-order valence-electron chi connectivity index (χ0n) is 37.6. The van der Waals surface area contributed by atoms with Crippen molar-refractivity contribution in [3.05, 3.63) is 224 Å². The van der Waals surface area contributed by atoms with Gasteiger partial charge in [0.15, 0.2) is 0 Å². The maximum absolute atomic E-state index is 9.49. The van der Waals surface area contributed by atoms with Crippen LogP contribution in [0.4, 0.5) is 17.1 Å².